The molecule has 20 heavy (non-hydrogen) atoms. The van der Waals surface area contributed by atoms with Crippen LogP contribution in [0.25, 0.3) is 0 Å². The van der Waals surface area contributed by atoms with Gasteiger partial charge in [0.15, 0.2) is 0 Å². The van der Waals surface area contributed by atoms with Gasteiger partial charge in [-0.15, -0.1) is 0 Å². The number of benzene rings is 2. The van der Waals surface area contributed by atoms with Crippen LogP contribution in [-0.4, -0.2) is 16.8 Å². The van der Waals surface area contributed by atoms with Crippen LogP contribution in [-0.2, 0) is 0 Å². The zero-order valence-electron chi connectivity index (χ0n) is 11.2. The molecule has 104 valence electrons. The average molecular weight is 286 g/mol. The molecule has 0 amide bonds. The lowest BCUT2D eigenvalue weighted by atomic mass is 9.86. The van der Waals surface area contributed by atoms with Crippen molar-refractivity contribution in [2.24, 2.45) is 0 Å². The highest BCUT2D eigenvalue weighted by Gasteiger charge is 2.29. The fourth-order valence-corrected chi connectivity index (χ4v) is 4.00. The van der Waals surface area contributed by atoms with Gasteiger partial charge in [0.05, 0.1) is 6.10 Å². The van der Waals surface area contributed by atoms with E-state index in [4.69, 9.17) is 5.11 Å². The molecule has 2 nitrogen and oxygen atoms in total. The summed E-state index contributed by atoms with van der Waals surface area (Å²) in [7, 11) is 0. The molecule has 0 radical (unpaired) electrons. The molecule has 2 unspecified atom stereocenters. The highest BCUT2D eigenvalue weighted by Crippen LogP contribution is 2.47. The molecule has 2 aromatic carbocycles. The van der Waals surface area contributed by atoms with Gasteiger partial charge in [-0.2, -0.15) is 0 Å². The quantitative estimate of drug-likeness (QED) is 0.903. The summed E-state index contributed by atoms with van der Waals surface area (Å²) in [5.41, 5.74) is 2.19. The summed E-state index contributed by atoms with van der Waals surface area (Å²) in [5, 5.41) is 19.9. The SMILES string of the molecule is OCCCC1c2ccccc2Sc2ccccc2C1O. The summed E-state index contributed by atoms with van der Waals surface area (Å²) in [4.78, 5) is 2.33. The molecule has 3 heteroatoms. The molecule has 1 heterocycles. The summed E-state index contributed by atoms with van der Waals surface area (Å²) in [6.07, 6.45) is 1.00. The van der Waals surface area contributed by atoms with Crippen LogP contribution in [0.5, 0.6) is 0 Å². The summed E-state index contributed by atoms with van der Waals surface area (Å²) in [6.45, 7) is 0.167. The number of aliphatic hydroxyl groups is 2. The molecule has 0 aromatic heterocycles. The predicted molar refractivity (Wildman–Crippen MR) is 81.0 cm³/mol. The van der Waals surface area contributed by atoms with E-state index < -0.39 is 6.10 Å². The summed E-state index contributed by atoms with van der Waals surface area (Å²) in [5.74, 6) is 0.0505. The van der Waals surface area contributed by atoms with E-state index in [0.717, 1.165) is 16.9 Å². The van der Waals surface area contributed by atoms with E-state index in [1.807, 2.05) is 30.3 Å². The first-order chi connectivity index (χ1) is 9.81. The highest BCUT2D eigenvalue weighted by molar-refractivity contribution is 7.99. The number of aliphatic hydroxyl groups excluding tert-OH is 2. The van der Waals surface area contributed by atoms with Crippen LogP contribution in [0.3, 0.4) is 0 Å². The van der Waals surface area contributed by atoms with Crippen molar-refractivity contribution in [1.29, 1.82) is 0 Å². The van der Waals surface area contributed by atoms with Crippen LogP contribution in [0.15, 0.2) is 58.3 Å². The zero-order valence-corrected chi connectivity index (χ0v) is 12.0. The monoisotopic (exact) mass is 286 g/mol. The number of fused-ring (bicyclic) bond motifs is 2. The Labute approximate surface area is 123 Å². The fraction of sp³-hybridized carbons (Fsp3) is 0.294. The number of rotatable bonds is 3. The minimum atomic E-state index is -0.506. The van der Waals surface area contributed by atoms with E-state index in [2.05, 4.69) is 18.2 Å². The third kappa shape index (κ3) is 2.49. The van der Waals surface area contributed by atoms with Gasteiger partial charge in [0.2, 0.25) is 0 Å². The Bertz CT molecular complexity index is 597. The van der Waals surface area contributed by atoms with E-state index in [1.54, 1.807) is 11.8 Å². The van der Waals surface area contributed by atoms with Gasteiger partial charge in [0.25, 0.3) is 0 Å². The minimum absolute atomic E-state index is 0.0505. The van der Waals surface area contributed by atoms with E-state index in [1.165, 1.54) is 10.5 Å². The van der Waals surface area contributed by atoms with Crippen LogP contribution in [0.1, 0.15) is 36.0 Å². The van der Waals surface area contributed by atoms with Crippen molar-refractivity contribution >= 4 is 11.8 Å². The van der Waals surface area contributed by atoms with Crippen molar-refractivity contribution in [3.63, 3.8) is 0 Å². The first kappa shape index (κ1) is 13.7. The van der Waals surface area contributed by atoms with Gasteiger partial charge in [-0.05, 0) is 36.1 Å². The van der Waals surface area contributed by atoms with E-state index in [-0.39, 0.29) is 12.5 Å². The van der Waals surface area contributed by atoms with Gasteiger partial charge in [-0.25, -0.2) is 0 Å². The Morgan fingerprint density at radius 1 is 0.900 bits per heavy atom. The van der Waals surface area contributed by atoms with Gasteiger partial charge in [-0.3, -0.25) is 0 Å². The molecule has 0 aliphatic carbocycles. The van der Waals surface area contributed by atoms with Gasteiger partial charge >= 0.3 is 0 Å². The Morgan fingerprint density at radius 2 is 1.50 bits per heavy atom. The molecule has 0 bridgehead atoms. The van der Waals surface area contributed by atoms with Crippen LogP contribution in [0, 0.1) is 0 Å². The summed E-state index contributed by atoms with van der Waals surface area (Å²) in [6, 6.07) is 16.3. The molecule has 2 atom stereocenters. The van der Waals surface area contributed by atoms with Crippen molar-refractivity contribution in [3.8, 4) is 0 Å². The van der Waals surface area contributed by atoms with Crippen LogP contribution in [0.2, 0.25) is 0 Å². The van der Waals surface area contributed by atoms with E-state index in [9.17, 15) is 5.11 Å². The topological polar surface area (TPSA) is 40.5 Å². The largest absolute Gasteiger partial charge is 0.396 e. The van der Waals surface area contributed by atoms with Crippen molar-refractivity contribution in [2.75, 3.05) is 6.61 Å². The van der Waals surface area contributed by atoms with Crippen LogP contribution < -0.4 is 0 Å². The van der Waals surface area contributed by atoms with Crippen LogP contribution >= 0.6 is 11.8 Å². The lowest BCUT2D eigenvalue weighted by Crippen LogP contribution is -2.11. The summed E-state index contributed by atoms with van der Waals surface area (Å²) >= 11 is 1.72. The molecule has 2 N–H and O–H groups in total. The van der Waals surface area contributed by atoms with Crippen molar-refractivity contribution in [1.82, 2.24) is 0 Å². The molecule has 0 saturated heterocycles. The Hall–Kier alpha value is -1.29. The second kappa shape index (κ2) is 6.00. The van der Waals surface area contributed by atoms with Gasteiger partial charge in [0.1, 0.15) is 0 Å². The summed E-state index contributed by atoms with van der Waals surface area (Å²) < 4.78 is 0. The smallest absolute Gasteiger partial charge is 0.0869 e. The first-order valence-electron chi connectivity index (χ1n) is 6.96. The lowest BCUT2D eigenvalue weighted by Gasteiger charge is -2.23. The maximum absolute atomic E-state index is 10.8. The molecular formula is C17H18O2S. The zero-order chi connectivity index (χ0) is 13.9. The standard InChI is InChI=1S/C17H18O2S/c18-11-5-8-13-12-6-1-3-9-15(12)20-16-10-4-2-7-14(16)17(13)19/h1-4,6-7,9-10,13,17-19H,5,8,11H2. The molecule has 0 fully saturated rings. The van der Waals surface area contributed by atoms with Crippen molar-refractivity contribution in [3.05, 3.63) is 59.7 Å². The second-order valence-corrected chi connectivity index (χ2v) is 6.18. The third-order valence-electron chi connectivity index (χ3n) is 3.83. The van der Waals surface area contributed by atoms with Crippen molar-refractivity contribution < 1.29 is 10.2 Å². The molecule has 0 saturated carbocycles. The third-order valence-corrected chi connectivity index (χ3v) is 5.01. The molecule has 1 aliphatic rings. The average Bonchev–Trinajstić information content (AvgIpc) is 2.60. The van der Waals surface area contributed by atoms with Gasteiger partial charge in [-0.1, -0.05) is 48.2 Å². The maximum atomic E-state index is 10.8. The van der Waals surface area contributed by atoms with Gasteiger partial charge in [0, 0.05) is 22.3 Å². The normalized spacial score (nSPS) is 20.9. The Balaban J connectivity index is 2.09. The number of hydrogen-bond acceptors (Lipinski definition) is 3. The fourth-order valence-electron chi connectivity index (χ4n) is 2.83. The van der Waals surface area contributed by atoms with E-state index >= 15 is 0 Å². The molecule has 1 aliphatic heterocycles. The molecule has 2 aromatic rings. The minimum Gasteiger partial charge on any atom is -0.396 e. The number of hydrogen-bond donors (Lipinski definition) is 2. The molecular weight excluding hydrogens is 268 g/mol. The van der Waals surface area contributed by atoms with Crippen LogP contribution in [0.4, 0.5) is 0 Å². The Morgan fingerprint density at radius 3 is 2.20 bits per heavy atom. The molecule has 0 spiro atoms. The maximum Gasteiger partial charge on any atom is 0.0869 e. The predicted octanol–water partition coefficient (Wildman–Crippen LogP) is 3.74. The molecule has 3 rings (SSSR count). The second-order valence-electron chi connectivity index (χ2n) is 5.09. The van der Waals surface area contributed by atoms with Gasteiger partial charge < -0.3 is 10.2 Å². The Kier molecular flexibility index (Phi) is 4.10. The van der Waals surface area contributed by atoms with E-state index in [0.29, 0.717) is 6.42 Å². The first-order valence-corrected chi connectivity index (χ1v) is 7.77. The lowest BCUT2D eigenvalue weighted by molar-refractivity contribution is 0.132. The highest BCUT2D eigenvalue weighted by atomic mass is 32.2. The van der Waals surface area contributed by atoms with Crippen molar-refractivity contribution in [2.45, 2.75) is 34.7 Å².